The largest absolute Gasteiger partial charge is 0.496 e. The van der Waals surface area contributed by atoms with Crippen LogP contribution in [0.5, 0.6) is 5.75 Å². The van der Waals surface area contributed by atoms with E-state index in [-0.39, 0.29) is 0 Å². The molecule has 3 rings (SSSR count). The van der Waals surface area contributed by atoms with Gasteiger partial charge in [-0.25, -0.2) is 0 Å². The number of benzene rings is 2. The zero-order valence-corrected chi connectivity index (χ0v) is 20.1. The Morgan fingerprint density at radius 1 is 0.821 bits per heavy atom. The summed E-state index contributed by atoms with van der Waals surface area (Å²) < 4.78 is 5.73. The molecule has 2 aromatic rings. The fraction of sp³-hybridized carbons (Fsp3) is 0.630. The molecule has 0 saturated heterocycles. The lowest BCUT2D eigenvalue weighted by molar-refractivity contribution is 0.352. The van der Waals surface area contributed by atoms with Crippen molar-refractivity contribution in [3.8, 4) is 5.75 Å². The third-order valence-electron chi connectivity index (χ3n) is 5.56. The van der Waals surface area contributed by atoms with Crippen LogP contribution in [0, 0.1) is 11.8 Å². The molecule has 0 spiro atoms. The third kappa shape index (κ3) is 6.83. The van der Waals surface area contributed by atoms with Gasteiger partial charge in [-0.2, -0.15) is 0 Å². The van der Waals surface area contributed by atoms with Crippen LogP contribution in [-0.2, 0) is 0 Å². The summed E-state index contributed by atoms with van der Waals surface area (Å²) in [5.74, 6) is 3.54. The van der Waals surface area contributed by atoms with Gasteiger partial charge in [0.15, 0.2) is 0 Å². The van der Waals surface area contributed by atoms with E-state index in [1.54, 1.807) is 0 Å². The Kier molecular flexibility index (Phi) is 14.6. The average molecular weight is 387 g/mol. The molecule has 0 bridgehead atoms. The Balaban J connectivity index is 0.00000111. The van der Waals surface area contributed by atoms with Crippen molar-refractivity contribution in [3.05, 3.63) is 42.0 Å². The molecule has 1 aliphatic carbocycles. The molecule has 0 amide bonds. The van der Waals surface area contributed by atoms with Crippen LogP contribution in [0.4, 0.5) is 0 Å². The molecule has 1 fully saturated rings. The molecule has 3 atom stereocenters. The molecule has 0 aromatic heterocycles. The van der Waals surface area contributed by atoms with E-state index in [9.17, 15) is 0 Å². The maximum Gasteiger partial charge on any atom is 0.122 e. The second-order valence-electron chi connectivity index (χ2n) is 6.83. The lowest BCUT2D eigenvalue weighted by Crippen LogP contribution is -2.05. The van der Waals surface area contributed by atoms with Crippen molar-refractivity contribution in [1.82, 2.24) is 0 Å². The number of fused-ring (bicyclic) bond motifs is 1. The van der Waals surface area contributed by atoms with E-state index in [4.69, 9.17) is 4.74 Å². The first-order valence-electron chi connectivity index (χ1n) is 11.8. The Morgan fingerprint density at radius 3 is 1.86 bits per heavy atom. The van der Waals surface area contributed by atoms with Gasteiger partial charge in [0, 0.05) is 0 Å². The monoisotopic (exact) mass is 386 g/mol. The van der Waals surface area contributed by atoms with E-state index in [0.29, 0.717) is 5.92 Å². The quantitative estimate of drug-likeness (QED) is 0.497. The van der Waals surface area contributed by atoms with Crippen molar-refractivity contribution in [2.75, 3.05) is 7.11 Å². The highest BCUT2D eigenvalue weighted by molar-refractivity contribution is 5.85. The summed E-state index contributed by atoms with van der Waals surface area (Å²) in [5.41, 5.74) is 1.43. The van der Waals surface area contributed by atoms with E-state index in [1.807, 2.05) is 48.7 Å². The van der Waals surface area contributed by atoms with Gasteiger partial charge in [-0.1, -0.05) is 98.9 Å². The molecule has 0 aliphatic heterocycles. The molecule has 1 saturated carbocycles. The number of hydrogen-bond acceptors (Lipinski definition) is 1. The van der Waals surface area contributed by atoms with Crippen LogP contribution in [0.15, 0.2) is 36.4 Å². The van der Waals surface area contributed by atoms with Gasteiger partial charge in [-0.15, -0.1) is 0 Å². The third-order valence-corrected chi connectivity index (χ3v) is 5.56. The first kappa shape index (κ1) is 26.5. The molecule has 0 N–H and O–H groups in total. The molecular formula is C27H46O. The number of ether oxygens (including phenoxy) is 1. The second-order valence-corrected chi connectivity index (χ2v) is 6.83. The molecule has 28 heavy (non-hydrogen) atoms. The Hall–Kier alpha value is -1.50. The topological polar surface area (TPSA) is 9.23 Å². The second kappa shape index (κ2) is 15.4. The lowest BCUT2D eigenvalue weighted by Gasteiger charge is -2.16. The van der Waals surface area contributed by atoms with Gasteiger partial charge in [0.1, 0.15) is 5.75 Å². The van der Waals surface area contributed by atoms with E-state index < -0.39 is 0 Å². The SMILES string of the molecule is CC.CC.CC.CCCC1CC(c2cc3ccccc3cc2OC)CC1CC. The number of hydrogen-bond donors (Lipinski definition) is 0. The van der Waals surface area contributed by atoms with Gasteiger partial charge >= 0.3 is 0 Å². The Bertz CT molecular complexity index is 631. The van der Waals surface area contributed by atoms with Crippen molar-refractivity contribution in [1.29, 1.82) is 0 Å². The van der Waals surface area contributed by atoms with Crippen molar-refractivity contribution in [3.63, 3.8) is 0 Å². The summed E-state index contributed by atoms with van der Waals surface area (Å²) in [4.78, 5) is 0. The number of methoxy groups -OCH3 is 1. The van der Waals surface area contributed by atoms with Crippen LogP contribution in [0.2, 0.25) is 0 Å². The van der Waals surface area contributed by atoms with Gasteiger partial charge in [0.25, 0.3) is 0 Å². The van der Waals surface area contributed by atoms with Crippen LogP contribution in [-0.4, -0.2) is 7.11 Å². The first-order chi connectivity index (χ1) is 13.8. The highest BCUT2D eigenvalue weighted by Crippen LogP contribution is 2.48. The summed E-state index contributed by atoms with van der Waals surface area (Å²) in [6, 6.07) is 13.2. The summed E-state index contributed by atoms with van der Waals surface area (Å²) in [6.45, 7) is 16.7. The highest BCUT2D eigenvalue weighted by Gasteiger charge is 2.34. The zero-order valence-electron chi connectivity index (χ0n) is 20.1. The van der Waals surface area contributed by atoms with E-state index >= 15 is 0 Å². The summed E-state index contributed by atoms with van der Waals surface area (Å²) in [5, 5.41) is 2.61. The van der Waals surface area contributed by atoms with Gasteiger partial charge < -0.3 is 4.74 Å². The predicted molar refractivity (Wildman–Crippen MR) is 129 cm³/mol. The maximum absolute atomic E-state index is 5.73. The van der Waals surface area contributed by atoms with Crippen molar-refractivity contribution >= 4 is 10.8 Å². The van der Waals surface area contributed by atoms with Crippen molar-refractivity contribution in [2.24, 2.45) is 11.8 Å². The lowest BCUT2D eigenvalue weighted by atomic mass is 9.90. The standard InChI is InChI=1S/C21H28O.3C2H6/c1-4-8-16-12-19(11-15(16)5-2)20-13-17-9-6-7-10-18(17)14-21(20)22-3;3*1-2/h6-7,9-10,13-16,19H,4-5,8,11-12H2,1-3H3;3*1-2H3. The zero-order chi connectivity index (χ0) is 21.5. The van der Waals surface area contributed by atoms with E-state index in [0.717, 1.165) is 17.6 Å². The first-order valence-corrected chi connectivity index (χ1v) is 11.8. The minimum absolute atomic E-state index is 0.668. The fourth-order valence-electron chi connectivity index (χ4n) is 4.42. The van der Waals surface area contributed by atoms with Crippen LogP contribution in [0.3, 0.4) is 0 Å². The Labute approximate surface area is 175 Å². The minimum atomic E-state index is 0.668. The van der Waals surface area contributed by atoms with Gasteiger partial charge in [0.05, 0.1) is 7.11 Å². The van der Waals surface area contributed by atoms with Crippen LogP contribution < -0.4 is 4.74 Å². The molecule has 2 aromatic carbocycles. The normalized spacial score (nSPS) is 20.1. The van der Waals surface area contributed by atoms with Crippen LogP contribution >= 0.6 is 0 Å². The molecule has 1 aliphatic rings. The highest BCUT2D eigenvalue weighted by atomic mass is 16.5. The van der Waals surface area contributed by atoms with Gasteiger partial charge in [0.2, 0.25) is 0 Å². The average Bonchev–Trinajstić information content (AvgIpc) is 3.20. The molecule has 1 heteroatoms. The molecule has 0 radical (unpaired) electrons. The van der Waals surface area contributed by atoms with E-state index in [2.05, 4.69) is 50.2 Å². The molecule has 1 nitrogen and oxygen atoms in total. The summed E-state index contributed by atoms with van der Waals surface area (Å²) in [7, 11) is 1.81. The predicted octanol–water partition coefficient (Wildman–Crippen LogP) is 9.25. The maximum atomic E-state index is 5.73. The molecule has 0 heterocycles. The van der Waals surface area contributed by atoms with Crippen LogP contribution in [0.25, 0.3) is 10.8 Å². The van der Waals surface area contributed by atoms with Crippen LogP contribution in [0.1, 0.15) is 99.0 Å². The number of rotatable bonds is 5. The summed E-state index contributed by atoms with van der Waals surface area (Å²) >= 11 is 0. The molecule has 160 valence electrons. The van der Waals surface area contributed by atoms with E-state index in [1.165, 1.54) is 48.4 Å². The fourth-order valence-corrected chi connectivity index (χ4v) is 4.42. The summed E-state index contributed by atoms with van der Waals surface area (Å²) in [6.07, 6.45) is 6.67. The smallest absolute Gasteiger partial charge is 0.122 e. The van der Waals surface area contributed by atoms with Crippen molar-refractivity contribution in [2.45, 2.75) is 93.4 Å². The van der Waals surface area contributed by atoms with Crippen molar-refractivity contribution < 1.29 is 4.74 Å². The minimum Gasteiger partial charge on any atom is -0.496 e. The molecule has 3 unspecified atom stereocenters. The molecular weight excluding hydrogens is 340 g/mol. The van der Waals surface area contributed by atoms with Gasteiger partial charge in [-0.05, 0) is 59.1 Å². The van der Waals surface area contributed by atoms with Gasteiger partial charge in [-0.3, -0.25) is 0 Å². The Morgan fingerprint density at radius 2 is 1.36 bits per heavy atom.